The fourth-order valence-electron chi connectivity index (χ4n) is 5.09. The Labute approximate surface area is 211 Å². The van der Waals surface area contributed by atoms with E-state index >= 15 is 0 Å². The topological polar surface area (TPSA) is 38.7 Å². The molecule has 0 saturated carbocycles. The number of hydrogen-bond acceptors (Lipinski definition) is 3. The van der Waals surface area contributed by atoms with Crippen molar-refractivity contribution >= 4 is 11.6 Å². The number of aliphatic hydroxyl groups is 1. The number of alkyl halides is 1. The molecule has 1 heterocycles. The maximum absolute atomic E-state index is 12.6. The van der Waals surface area contributed by atoms with Crippen LogP contribution in [0.1, 0.15) is 36.1 Å². The van der Waals surface area contributed by atoms with Crippen molar-refractivity contribution in [2.75, 3.05) is 0 Å². The lowest BCUT2D eigenvalue weighted by molar-refractivity contribution is -0.166. The first-order valence-corrected chi connectivity index (χ1v) is 12.2. The summed E-state index contributed by atoms with van der Waals surface area (Å²) in [5.74, 6) is -0.976. The van der Waals surface area contributed by atoms with E-state index in [1.54, 1.807) is 0 Å². The molecule has 5 rings (SSSR count). The molecule has 0 unspecified atom stereocenters. The van der Waals surface area contributed by atoms with E-state index in [0.29, 0.717) is 11.1 Å². The van der Waals surface area contributed by atoms with E-state index in [1.165, 1.54) is 0 Å². The molecule has 1 N–H and O–H groups in total. The lowest BCUT2D eigenvalue weighted by Gasteiger charge is -2.42. The minimum atomic E-state index is -1.52. The lowest BCUT2D eigenvalue weighted by atomic mass is 9.74. The van der Waals surface area contributed by atoms with Crippen molar-refractivity contribution < 1.29 is 14.6 Å². The van der Waals surface area contributed by atoms with Gasteiger partial charge in [0.2, 0.25) is 0 Å². The monoisotopic (exact) mass is 484 g/mol. The predicted molar refractivity (Wildman–Crippen MR) is 139 cm³/mol. The standard InChI is InChI=1S/C31H29ClO3/c1-29(2)34-27(30(32,23-15-7-3-8-16-23)24-17-9-4-10-18-24)28(35-29)31(33,25-19-11-5-12-20-25)26-21-13-6-14-22-26/h3-22,27-28,33H,1-2H3/t27-,28-/m0/s1. The molecule has 1 saturated heterocycles. The number of halogens is 1. The second kappa shape index (κ2) is 9.25. The zero-order chi connectivity index (χ0) is 24.5. The highest BCUT2D eigenvalue weighted by atomic mass is 35.5. The molecule has 0 spiro atoms. The maximum Gasteiger partial charge on any atom is 0.164 e. The molecule has 1 fully saturated rings. The number of hydrogen-bond donors (Lipinski definition) is 1. The van der Waals surface area contributed by atoms with Gasteiger partial charge in [-0.25, -0.2) is 0 Å². The fourth-order valence-corrected chi connectivity index (χ4v) is 5.50. The molecule has 1 aliphatic heterocycles. The summed E-state index contributed by atoms with van der Waals surface area (Å²) in [6.45, 7) is 3.73. The van der Waals surface area contributed by atoms with Crippen molar-refractivity contribution in [3.63, 3.8) is 0 Å². The van der Waals surface area contributed by atoms with Crippen LogP contribution in [0.25, 0.3) is 0 Å². The molecule has 0 bridgehead atoms. The molecule has 4 heteroatoms. The van der Waals surface area contributed by atoms with Crippen LogP contribution in [0.2, 0.25) is 0 Å². The minimum absolute atomic E-state index is 0.711. The van der Waals surface area contributed by atoms with Gasteiger partial charge in [-0.05, 0) is 36.1 Å². The van der Waals surface area contributed by atoms with Gasteiger partial charge in [0.1, 0.15) is 22.7 Å². The first kappa shape index (κ1) is 23.8. The van der Waals surface area contributed by atoms with Gasteiger partial charge in [0.15, 0.2) is 5.79 Å². The van der Waals surface area contributed by atoms with Gasteiger partial charge in [-0.2, -0.15) is 0 Å². The SMILES string of the molecule is CC1(C)O[C@H](C(O)(c2ccccc2)c2ccccc2)[C@@H](C(Cl)(c2ccccc2)c2ccccc2)O1. The van der Waals surface area contributed by atoms with Crippen molar-refractivity contribution in [3.05, 3.63) is 144 Å². The normalized spacial score (nSPS) is 20.0. The Morgan fingerprint density at radius 3 is 1.26 bits per heavy atom. The summed E-state index contributed by atoms with van der Waals surface area (Å²) in [6.07, 6.45) is -1.55. The average Bonchev–Trinajstić information content (AvgIpc) is 3.26. The van der Waals surface area contributed by atoms with E-state index in [2.05, 4.69) is 0 Å². The van der Waals surface area contributed by atoms with Crippen LogP contribution < -0.4 is 0 Å². The first-order valence-electron chi connectivity index (χ1n) is 11.8. The molecular formula is C31H29ClO3. The Kier molecular flexibility index (Phi) is 6.29. The van der Waals surface area contributed by atoms with Crippen LogP contribution in [0, 0.1) is 0 Å². The van der Waals surface area contributed by atoms with Gasteiger partial charge < -0.3 is 14.6 Å². The first-order chi connectivity index (χ1) is 16.9. The summed E-state index contributed by atoms with van der Waals surface area (Å²) < 4.78 is 13.2. The Hall–Kier alpha value is -2.95. The third-order valence-electron chi connectivity index (χ3n) is 6.72. The second-order valence-electron chi connectivity index (χ2n) is 9.42. The van der Waals surface area contributed by atoms with Crippen molar-refractivity contribution in [2.45, 2.75) is 42.3 Å². The molecule has 1 aliphatic rings. The van der Waals surface area contributed by atoms with Gasteiger partial charge in [0.25, 0.3) is 0 Å². The average molecular weight is 485 g/mol. The minimum Gasteiger partial charge on any atom is -0.378 e. The van der Waals surface area contributed by atoms with Crippen molar-refractivity contribution in [1.29, 1.82) is 0 Å². The third kappa shape index (κ3) is 4.19. The van der Waals surface area contributed by atoms with E-state index in [4.69, 9.17) is 21.1 Å². The predicted octanol–water partition coefficient (Wildman–Crippen LogP) is 6.63. The zero-order valence-corrected chi connectivity index (χ0v) is 20.6. The van der Waals surface area contributed by atoms with E-state index in [-0.39, 0.29) is 0 Å². The molecule has 3 nitrogen and oxygen atoms in total. The van der Waals surface area contributed by atoms with Crippen LogP contribution in [0.15, 0.2) is 121 Å². The maximum atomic E-state index is 12.6. The summed E-state index contributed by atoms with van der Waals surface area (Å²) in [4.78, 5) is -1.13. The van der Waals surface area contributed by atoms with Crippen LogP contribution in [0.3, 0.4) is 0 Å². The third-order valence-corrected chi connectivity index (χ3v) is 7.37. The van der Waals surface area contributed by atoms with Crippen molar-refractivity contribution in [1.82, 2.24) is 0 Å². The largest absolute Gasteiger partial charge is 0.378 e. The van der Waals surface area contributed by atoms with Crippen LogP contribution >= 0.6 is 11.6 Å². The van der Waals surface area contributed by atoms with Gasteiger partial charge in [0.05, 0.1) is 0 Å². The van der Waals surface area contributed by atoms with Crippen LogP contribution in [0.5, 0.6) is 0 Å². The van der Waals surface area contributed by atoms with Gasteiger partial charge in [-0.1, -0.05) is 121 Å². The number of ether oxygens (including phenoxy) is 2. The fraction of sp³-hybridized carbons (Fsp3) is 0.226. The Morgan fingerprint density at radius 1 is 0.571 bits per heavy atom. The highest BCUT2D eigenvalue weighted by Gasteiger charge is 2.61. The summed E-state index contributed by atoms with van der Waals surface area (Å²) in [5.41, 5.74) is 1.63. The van der Waals surface area contributed by atoms with Gasteiger partial charge in [-0.15, -0.1) is 11.6 Å². The van der Waals surface area contributed by atoms with Crippen molar-refractivity contribution in [2.24, 2.45) is 0 Å². The molecule has 0 radical (unpaired) electrons. The highest BCUT2D eigenvalue weighted by molar-refractivity contribution is 6.26. The smallest absolute Gasteiger partial charge is 0.164 e. The van der Waals surface area contributed by atoms with E-state index in [0.717, 1.165) is 11.1 Å². The van der Waals surface area contributed by atoms with Gasteiger partial charge in [0, 0.05) is 0 Å². The molecule has 4 aromatic rings. The second-order valence-corrected chi connectivity index (χ2v) is 10.0. The lowest BCUT2D eigenvalue weighted by Crippen LogP contribution is -2.53. The summed E-state index contributed by atoms with van der Waals surface area (Å²) in [5, 5.41) is 12.6. The number of rotatable bonds is 6. The van der Waals surface area contributed by atoms with E-state index < -0.39 is 28.5 Å². The molecule has 4 aromatic carbocycles. The Morgan fingerprint density at radius 2 is 0.886 bits per heavy atom. The van der Waals surface area contributed by atoms with Crippen LogP contribution in [-0.4, -0.2) is 23.1 Å². The van der Waals surface area contributed by atoms with E-state index in [9.17, 15) is 5.11 Å². The summed E-state index contributed by atoms with van der Waals surface area (Å²) in [7, 11) is 0. The highest BCUT2D eigenvalue weighted by Crippen LogP contribution is 2.52. The van der Waals surface area contributed by atoms with Crippen LogP contribution in [0.4, 0.5) is 0 Å². The van der Waals surface area contributed by atoms with Crippen molar-refractivity contribution in [3.8, 4) is 0 Å². The van der Waals surface area contributed by atoms with Gasteiger partial charge in [-0.3, -0.25) is 0 Å². The zero-order valence-electron chi connectivity index (χ0n) is 19.8. The molecule has 0 aromatic heterocycles. The van der Waals surface area contributed by atoms with E-state index in [1.807, 2.05) is 135 Å². The van der Waals surface area contributed by atoms with Crippen LogP contribution in [-0.2, 0) is 19.9 Å². The molecule has 0 aliphatic carbocycles. The molecule has 0 amide bonds. The Balaban J connectivity index is 1.76. The number of benzene rings is 4. The summed E-state index contributed by atoms with van der Waals surface area (Å²) in [6, 6.07) is 39.0. The Bertz CT molecular complexity index is 1070. The quantitative estimate of drug-likeness (QED) is 0.312. The molecule has 35 heavy (non-hydrogen) atoms. The van der Waals surface area contributed by atoms with Gasteiger partial charge >= 0.3 is 0 Å². The molecule has 178 valence electrons. The summed E-state index contributed by atoms with van der Waals surface area (Å²) >= 11 is 7.68. The molecule has 2 atom stereocenters. The molecular weight excluding hydrogens is 456 g/mol.